The standard InChI is InChI=1S/C8H9BrNOS/c1-5-7(12-8(9)10-5)6-2-3-11-4-6/h6H,1-4H2. The Morgan fingerprint density at radius 2 is 2.50 bits per heavy atom. The van der Waals surface area contributed by atoms with E-state index < -0.39 is 0 Å². The molecule has 0 N–H and O–H groups in total. The van der Waals surface area contributed by atoms with Gasteiger partial charge in [0.25, 0.3) is 0 Å². The van der Waals surface area contributed by atoms with Crippen LogP contribution in [0.4, 0.5) is 0 Å². The SMILES string of the molecule is [CH2]c1nc(Br)sc1C1CCOC1. The fourth-order valence-corrected chi connectivity index (χ4v) is 2.98. The summed E-state index contributed by atoms with van der Waals surface area (Å²) >= 11 is 5.03. The number of hydrogen-bond donors (Lipinski definition) is 0. The second kappa shape index (κ2) is 3.44. The molecule has 1 radical (unpaired) electrons. The molecule has 0 amide bonds. The number of hydrogen-bond acceptors (Lipinski definition) is 3. The molecule has 65 valence electrons. The van der Waals surface area contributed by atoms with Crippen molar-refractivity contribution in [1.82, 2.24) is 4.98 Å². The lowest BCUT2D eigenvalue weighted by atomic mass is 10.1. The smallest absolute Gasteiger partial charge is 0.159 e. The van der Waals surface area contributed by atoms with Crippen LogP contribution in [0.2, 0.25) is 0 Å². The molecule has 4 heteroatoms. The first-order valence-corrected chi connectivity index (χ1v) is 5.44. The van der Waals surface area contributed by atoms with Gasteiger partial charge in [-0.3, -0.25) is 0 Å². The molecule has 0 saturated carbocycles. The lowest BCUT2D eigenvalue weighted by Crippen LogP contribution is -1.96. The average Bonchev–Trinajstić information content (AvgIpc) is 2.58. The molecule has 2 heterocycles. The van der Waals surface area contributed by atoms with Crippen LogP contribution in [0.1, 0.15) is 22.9 Å². The third kappa shape index (κ3) is 1.56. The highest BCUT2D eigenvalue weighted by Crippen LogP contribution is 2.34. The Bertz CT molecular complexity index is 281. The Labute approximate surface area is 84.1 Å². The summed E-state index contributed by atoms with van der Waals surface area (Å²) < 4.78 is 6.24. The normalized spacial score (nSPS) is 23.3. The summed E-state index contributed by atoms with van der Waals surface area (Å²) in [6, 6.07) is 0. The van der Waals surface area contributed by atoms with Crippen molar-refractivity contribution in [3.63, 3.8) is 0 Å². The van der Waals surface area contributed by atoms with E-state index in [4.69, 9.17) is 4.74 Å². The van der Waals surface area contributed by atoms with Crippen molar-refractivity contribution >= 4 is 27.3 Å². The number of halogens is 1. The van der Waals surface area contributed by atoms with E-state index in [0.717, 1.165) is 29.2 Å². The van der Waals surface area contributed by atoms with E-state index >= 15 is 0 Å². The Hall–Kier alpha value is 0.0700. The summed E-state index contributed by atoms with van der Waals surface area (Å²) in [4.78, 5) is 5.50. The Kier molecular flexibility index (Phi) is 2.48. The monoisotopic (exact) mass is 246 g/mol. The van der Waals surface area contributed by atoms with Crippen LogP contribution < -0.4 is 0 Å². The molecule has 0 aromatic carbocycles. The van der Waals surface area contributed by atoms with E-state index in [2.05, 4.69) is 27.8 Å². The summed E-state index contributed by atoms with van der Waals surface area (Å²) in [5.74, 6) is 0.529. The summed E-state index contributed by atoms with van der Waals surface area (Å²) in [5.41, 5.74) is 0.905. The fraction of sp³-hybridized carbons (Fsp3) is 0.500. The van der Waals surface area contributed by atoms with Crippen molar-refractivity contribution < 1.29 is 4.74 Å². The van der Waals surface area contributed by atoms with Gasteiger partial charge in [0, 0.05) is 17.4 Å². The number of ether oxygens (including phenoxy) is 1. The van der Waals surface area contributed by atoms with Crippen LogP contribution in [-0.4, -0.2) is 18.2 Å². The quantitative estimate of drug-likeness (QED) is 0.760. The molecule has 1 aromatic heterocycles. The van der Waals surface area contributed by atoms with Gasteiger partial charge in [-0.15, -0.1) is 11.3 Å². The zero-order valence-corrected chi connectivity index (χ0v) is 8.95. The van der Waals surface area contributed by atoms with Crippen molar-refractivity contribution in [3.8, 4) is 0 Å². The lowest BCUT2D eigenvalue weighted by molar-refractivity contribution is 0.194. The Morgan fingerprint density at radius 1 is 1.67 bits per heavy atom. The van der Waals surface area contributed by atoms with Gasteiger partial charge in [-0.2, -0.15) is 0 Å². The van der Waals surface area contributed by atoms with Crippen LogP contribution in [0.15, 0.2) is 3.92 Å². The molecular weight excluding hydrogens is 238 g/mol. The van der Waals surface area contributed by atoms with Crippen LogP contribution in [0.5, 0.6) is 0 Å². The second-order valence-electron chi connectivity index (χ2n) is 2.84. The molecule has 12 heavy (non-hydrogen) atoms. The third-order valence-corrected chi connectivity index (χ3v) is 3.71. The van der Waals surface area contributed by atoms with Gasteiger partial charge in [0.15, 0.2) is 3.92 Å². The van der Waals surface area contributed by atoms with Gasteiger partial charge in [0.1, 0.15) is 0 Å². The molecule has 1 aliphatic heterocycles. The number of aromatic nitrogens is 1. The highest BCUT2D eigenvalue weighted by atomic mass is 79.9. The van der Waals surface area contributed by atoms with Crippen molar-refractivity contribution in [2.75, 3.05) is 13.2 Å². The van der Waals surface area contributed by atoms with E-state index in [-0.39, 0.29) is 0 Å². The maximum Gasteiger partial charge on any atom is 0.159 e. The molecule has 0 bridgehead atoms. The maximum atomic E-state index is 5.31. The number of rotatable bonds is 1. The fourth-order valence-electron chi connectivity index (χ4n) is 1.39. The van der Waals surface area contributed by atoms with Crippen LogP contribution in [-0.2, 0) is 4.74 Å². The summed E-state index contributed by atoms with van der Waals surface area (Å²) in [7, 11) is 0. The molecule has 2 nitrogen and oxygen atoms in total. The van der Waals surface area contributed by atoms with Gasteiger partial charge in [0.05, 0.1) is 12.3 Å². The minimum atomic E-state index is 0.529. The number of nitrogens with zero attached hydrogens (tertiary/aromatic N) is 1. The van der Waals surface area contributed by atoms with Crippen molar-refractivity contribution in [2.24, 2.45) is 0 Å². The van der Waals surface area contributed by atoms with Crippen molar-refractivity contribution in [3.05, 3.63) is 21.4 Å². The molecule has 2 rings (SSSR count). The highest BCUT2D eigenvalue weighted by Gasteiger charge is 2.22. The average molecular weight is 247 g/mol. The molecule has 0 aliphatic carbocycles. The maximum absolute atomic E-state index is 5.31. The Balaban J connectivity index is 2.25. The summed E-state index contributed by atoms with van der Waals surface area (Å²) in [5, 5.41) is 0. The van der Waals surface area contributed by atoms with Gasteiger partial charge in [-0.05, 0) is 29.3 Å². The van der Waals surface area contributed by atoms with Crippen molar-refractivity contribution in [1.29, 1.82) is 0 Å². The van der Waals surface area contributed by atoms with E-state index in [1.165, 1.54) is 4.88 Å². The molecule has 1 aliphatic rings. The predicted octanol–water partition coefficient (Wildman–Crippen LogP) is 2.59. The van der Waals surface area contributed by atoms with Gasteiger partial charge < -0.3 is 4.74 Å². The molecule has 1 fully saturated rings. The van der Waals surface area contributed by atoms with Crippen LogP contribution in [0, 0.1) is 6.92 Å². The molecule has 0 spiro atoms. The Morgan fingerprint density at radius 3 is 3.00 bits per heavy atom. The molecule has 1 atom stereocenters. The minimum absolute atomic E-state index is 0.529. The zero-order chi connectivity index (χ0) is 8.55. The zero-order valence-electron chi connectivity index (χ0n) is 6.55. The van der Waals surface area contributed by atoms with Gasteiger partial charge in [-0.1, -0.05) is 0 Å². The van der Waals surface area contributed by atoms with Crippen LogP contribution in [0.3, 0.4) is 0 Å². The topological polar surface area (TPSA) is 22.1 Å². The first-order valence-electron chi connectivity index (χ1n) is 3.83. The predicted molar refractivity (Wildman–Crippen MR) is 52.5 cm³/mol. The van der Waals surface area contributed by atoms with Crippen LogP contribution >= 0.6 is 27.3 Å². The van der Waals surface area contributed by atoms with E-state index in [0.29, 0.717) is 5.92 Å². The van der Waals surface area contributed by atoms with Gasteiger partial charge in [-0.25, -0.2) is 4.98 Å². The third-order valence-electron chi connectivity index (χ3n) is 2.00. The van der Waals surface area contributed by atoms with E-state index in [9.17, 15) is 0 Å². The molecule has 1 unspecified atom stereocenters. The number of thiazole rings is 1. The lowest BCUT2D eigenvalue weighted by Gasteiger charge is -2.03. The highest BCUT2D eigenvalue weighted by molar-refractivity contribution is 9.11. The van der Waals surface area contributed by atoms with Gasteiger partial charge in [0.2, 0.25) is 0 Å². The minimum Gasteiger partial charge on any atom is -0.381 e. The first-order chi connectivity index (χ1) is 5.77. The largest absolute Gasteiger partial charge is 0.381 e. The van der Waals surface area contributed by atoms with Gasteiger partial charge >= 0.3 is 0 Å². The second-order valence-corrected chi connectivity index (χ2v) is 5.14. The van der Waals surface area contributed by atoms with Crippen molar-refractivity contribution in [2.45, 2.75) is 12.3 Å². The van der Waals surface area contributed by atoms with E-state index in [1.807, 2.05) is 0 Å². The first kappa shape index (κ1) is 8.66. The summed E-state index contributed by atoms with van der Waals surface area (Å²) in [6.45, 7) is 5.60. The molecule has 1 saturated heterocycles. The summed E-state index contributed by atoms with van der Waals surface area (Å²) in [6.07, 6.45) is 1.11. The van der Waals surface area contributed by atoms with E-state index in [1.54, 1.807) is 11.3 Å². The molecule has 1 aromatic rings. The molecular formula is C8H9BrNOS. The van der Waals surface area contributed by atoms with Crippen LogP contribution in [0.25, 0.3) is 0 Å².